The van der Waals surface area contributed by atoms with Crippen LogP contribution in [0.5, 0.6) is 11.5 Å². The maximum atomic E-state index is 7.01. The topological polar surface area (TPSA) is 33.5 Å². The molecule has 0 atom stereocenters. The normalized spacial score (nSPS) is 13.1. The molecular weight excluding hydrogens is 925 g/mol. The van der Waals surface area contributed by atoms with Crippen LogP contribution in [-0.2, 0) is 16.2 Å². The van der Waals surface area contributed by atoms with E-state index in [0.717, 1.165) is 45.1 Å². The lowest BCUT2D eigenvalue weighted by atomic mass is 9.78. The quantitative estimate of drug-likeness (QED) is 0.129. The van der Waals surface area contributed by atoms with Gasteiger partial charge in [0.2, 0.25) is 0 Å². The monoisotopic (exact) mass is 997 g/mol. The Labute approximate surface area is 451 Å². The predicted molar refractivity (Wildman–Crippen MR) is 322 cm³/mol. The minimum absolute atomic E-state index is 0.0474. The molecule has 11 rings (SSSR count). The number of fused-ring (bicyclic) bond motifs is 4. The van der Waals surface area contributed by atoms with Gasteiger partial charge in [-0.15, -0.1) is 0 Å². The van der Waals surface area contributed by atoms with Gasteiger partial charge in [0, 0.05) is 45.9 Å². The van der Waals surface area contributed by atoms with Crippen molar-refractivity contribution in [2.45, 2.75) is 111 Å². The summed E-state index contributed by atoms with van der Waals surface area (Å²) < 4.78 is 9.32. The van der Waals surface area contributed by atoms with Gasteiger partial charge in [0.05, 0.1) is 22.4 Å². The van der Waals surface area contributed by atoms with Gasteiger partial charge in [-0.25, -0.2) is 4.98 Å². The molecule has 0 bridgehead atoms. The van der Waals surface area contributed by atoms with Crippen LogP contribution >= 0.6 is 0 Å². The first-order chi connectivity index (χ1) is 36.3. The van der Waals surface area contributed by atoms with Crippen molar-refractivity contribution < 1.29 is 4.74 Å². The first-order valence-corrected chi connectivity index (χ1v) is 27.3. The van der Waals surface area contributed by atoms with Crippen molar-refractivity contribution in [1.82, 2.24) is 9.55 Å². The summed E-state index contributed by atoms with van der Waals surface area (Å²) in [6.45, 7) is 28.2. The zero-order chi connectivity index (χ0) is 53.3. The maximum Gasteiger partial charge on any atom is 0.137 e. The van der Waals surface area contributed by atoms with E-state index < -0.39 is 0 Å². The van der Waals surface area contributed by atoms with Gasteiger partial charge in [-0.3, -0.25) is 4.57 Å². The molecular formula is C71H72N4O. The molecule has 0 aliphatic carbocycles. The van der Waals surface area contributed by atoms with Crippen LogP contribution in [0.15, 0.2) is 194 Å². The number of pyridine rings is 1. The summed E-state index contributed by atoms with van der Waals surface area (Å²) in [4.78, 5) is 9.99. The minimum atomic E-state index is -0.200. The number of anilines is 4. The van der Waals surface area contributed by atoms with E-state index in [1.807, 2.05) is 6.20 Å². The third-order valence-electron chi connectivity index (χ3n) is 15.9. The summed E-state index contributed by atoms with van der Waals surface area (Å²) in [6, 6.07) is 69.2. The molecule has 0 saturated carbocycles. The van der Waals surface area contributed by atoms with Crippen LogP contribution in [0.1, 0.15) is 128 Å². The van der Waals surface area contributed by atoms with Gasteiger partial charge in [-0.2, -0.15) is 0 Å². The van der Waals surface area contributed by atoms with E-state index in [-0.39, 0.29) is 16.2 Å². The van der Waals surface area contributed by atoms with Crippen LogP contribution in [0.2, 0.25) is 0 Å². The highest BCUT2D eigenvalue weighted by Crippen LogP contribution is 2.50. The fraction of sp³-hybridized carbons (Fsp3) is 0.254. The average molecular weight is 997 g/mol. The number of rotatable bonds is 11. The van der Waals surface area contributed by atoms with Crippen molar-refractivity contribution in [2.24, 2.45) is 0 Å². The molecule has 0 N–H and O–H groups in total. The summed E-state index contributed by atoms with van der Waals surface area (Å²) in [5, 5.41) is 2.34. The Kier molecular flexibility index (Phi) is 12.8. The second-order valence-corrected chi connectivity index (χ2v) is 24.2. The number of aromatic nitrogens is 2. The molecule has 0 unspecified atom stereocenters. The summed E-state index contributed by atoms with van der Waals surface area (Å²) in [7, 11) is 0. The van der Waals surface area contributed by atoms with E-state index in [4.69, 9.17) is 9.72 Å². The molecule has 5 heteroatoms. The van der Waals surface area contributed by atoms with Crippen molar-refractivity contribution in [1.29, 1.82) is 0 Å². The molecule has 0 fully saturated rings. The molecule has 0 saturated heterocycles. The second-order valence-electron chi connectivity index (χ2n) is 24.2. The number of hydrogen-bond donors (Lipinski definition) is 0. The van der Waals surface area contributed by atoms with Gasteiger partial charge in [-0.1, -0.05) is 186 Å². The number of benzene rings is 8. The van der Waals surface area contributed by atoms with Crippen LogP contribution in [0.25, 0.3) is 49.9 Å². The molecule has 1 aliphatic rings. The number of nitrogens with zero attached hydrogens (tertiary/aromatic N) is 4. The summed E-state index contributed by atoms with van der Waals surface area (Å²) in [6.07, 6.45) is 1.95. The third kappa shape index (κ3) is 9.35. The van der Waals surface area contributed by atoms with E-state index in [9.17, 15) is 0 Å². The molecule has 3 heterocycles. The Bertz CT molecular complexity index is 3750. The summed E-state index contributed by atoms with van der Waals surface area (Å²) in [5.41, 5.74) is 19.2. The zero-order valence-corrected chi connectivity index (χ0v) is 46.5. The molecule has 8 aromatic carbocycles. The van der Waals surface area contributed by atoms with Gasteiger partial charge in [0.15, 0.2) is 0 Å². The molecule has 2 aromatic heterocycles. The van der Waals surface area contributed by atoms with E-state index >= 15 is 0 Å². The Morgan fingerprint density at radius 3 is 1.80 bits per heavy atom. The number of hydrogen-bond acceptors (Lipinski definition) is 4. The second kappa shape index (κ2) is 19.4. The van der Waals surface area contributed by atoms with Gasteiger partial charge in [0.1, 0.15) is 24.0 Å². The maximum absolute atomic E-state index is 7.01. The third-order valence-corrected chi connectivity index (χ3v) is 15.9. The fourth-order valence-electron chi connectivity index (χ4n) is 11.3. The van der Waals surface area contributed by atoms with Crippen LogP contribution < -0.4 is 14.5 Å². The molecule has 382 valence electrons. The summed E-state index contributed by atoms with van der Waals surface area (Å²) in [5.74, 6) is 3.15. The SMILES string of the molecule is CC(C)c1cccc(C(C)C)c1-c1ccc2c(c1)N(c1cccc(Oc3ccc4c5cc(C(C)(C)c6ccccc6)ccc5n(-c5cc(C(C)(C)C)ccn5)c4c3)c1)CN2c1cc(-c2ccccc2)cc(C(C)(C)C)c1. The Hall–Kier alpha value is -7.89. The highest BCUT2D eigenvalue weighted by molar-refractivity contribution is 6.10. The van der Waals surface area contributed by atoms with Crippen LogP contribution in [0, 0.1) is 0 Å². The Morgan fingerprint density at radius 1 is 0.434 bits per heavy atom. The smallest absolute Gasteiger partial charge is 0.137 e. The van der Waals surface area contributed by atoms with Crippen molar-refractivity contribution in [2.75, 3.05) is 16.5 Å². The van der Waals surface area contributed by atoms with Gasteiger partial charge < -0.3 is 14.5 Å². The molecule has 5 nitrogen and oxygen atoms in total. The van der Waals surface area contributed by atoms with E-state index in [2.05, 4.69) is 286 Å². The van der Waals surface area contributed by atoms with E-state index in [1.165, 1.54) is 72.4 Å². The largest absolute Gasteiger partial charge is 0.457 e. The van der Waals surface area contributed by atoms with Crippen LogP contribution in [0.4, 0.5) is 22.7 Å². The van der Waals surface area contributed by atoms with Crippen LogP contribution in [-0.4, -0.2) is 16.2 Å². The standard InChI is InChI=1S/C71H72N4O/c1-46(2)59-27-20-28-60(47(3)4)68(59)49-29-33-64-66(39-49)73(45-74(64)56-38-50(48-21-15-13-16-22-48)37-54(40-56)70(8,9)10)55-25-19-26-57(43-55)76-58-31-32-61-62-41-53(71(11,12)51-23-17-14-18-24-51)30-34-63(62)75(65(61)44-58)67-42-52(35-36-72-67)69(5,6)7/h13-44,46-47H,45H2,1-12H3. The molecule has 0 amide bonds. The van der Waals surface area contributed by atoms with Gasteiger partial charge >= 0.3 is 0 Å². The molecule has 76 heavy (non-hydrogen) atoms. The van der Waals surface area contributed by atoms with Gasteiger partial charge in [-0.05, 0) is 151 Å². The first kappa shape index (κ1) is 50.3. The van der Waals surface area contributed by atoms with E-state index in [0.29, 0.717) is 18.5 Å². The van der Waals surface area contributed by atoms with Gasteiger partial charge in [0.25, 0.3) is 0 Å². The Morgan fingerprint density at radius 2 is 1.11 bits per heavy atom. The molecule has 0 spiro atoms. The lowest BCUT2D eigenvalue weighted by molar-refractivity contribution is 0.483. The highest BCUT2D eigenvalue weighted by Gasteiger charge is 2.32. The highest BCUT2D eigenvalue weighted by atomic mass is 16.5. The summed E-state index contributed by atoms with van der Waals surface area (Å²) >= 11 is 0. The van der Waals surface area contributed by atoms with Crippen molar-refractivity contribution in [3.63, 3.8) is 0 Å². The fourth-order valence-corrected chi connectivity index (χ4v) is 11.3. The average Bonchev–Trinajstić information content (AvgIpc) is 4.04. The van der Waals surface area contributed by atoms with Crippen molar-refractivity contribution in [3.8, 4) is 39.6 Å². The van der Waals surface area contributed by atoms with Crippen molar-refractivity contribution in [3.05, 3.63) is 228 Å². The number of ether oxygens (including phenoxy) is 1. The van der Waals surface area contributed by atoms with E-state index in [1.54, 1.807) is 0 Å². The molecule has 1 aliphatic heterocycles. The first-order valence-electron chi connectivity index (χ1n) is 27.3. The predicted octanol–water partition coefficient (Wildman–Crippen LogP) is 19.7. The lowest BCUT2D eigenvalue weighted by Gasteiger charge is -2.26. The van der Waals surface area contributed by atoms with Crippen LogP contribution in [0.3, 0.4) is 0 Å². The minimum Gasteiger partial charge on any atom is -0.457 e. The Balaban J connectivity index is 1.03. The molecule has 0 radical (unpaired) electrons. The molecule has 10 aromatic rings. The lowest BCUT2D eigenvalue weighted by Crippen LogP contribution is -2.24. The van der Waals surface area contributed by atoms with Crippen molar-refractivity contribution >= 4 is 44.6 Å². The zero-order valence-electron chi connectivity index (χ0n) is 46.5.